The molecule has 0 unspecified atom stereocenters. The maximum absolute atomic E-state index is 12.4. The van der Waals surface area contributed by atoms with Crippen LogP contribution in [0, 0.1) is 0 Å². The Morgan fingerprint density at radius 2 is 1.64 bits per heavy atom. The molecule has 0 aliphatic carbocycles. The molecule has 3 amide bonds. The first-order chi connectivity index (χ1) is 10.5. The Hall–Kier alpha value is -2.11. The maximum Gasteiger partial charge on any atom is 0.333 e. The summed E-state index contributed by atoms with van der Waals surface area (Å²) < 4.78 is 0.944. The normalized spacial score (nSPS) is 16.3. The summed E-state index contributed by atoms with van der Waals surface area (Å²) in [6.07, 6.45) is 1.64. The Balaban J connectivity index is 1.91. The summed E-state index contributed by atoms with van der Waals surface area (Å²) in [5.41, 5.74) is 1.54. The summed E-state index contributed by atoms with van der Waals surface area (Å²) in [7, 11) is 0. The number of nitrogens with one attached hydrogen (secondary N) is 1. The van der Waals surface area contributed by atoms with Crippen molar-refractivity contribution in [2.45, 2.75) is 0 Å². The number of anilines is 1. The van der Waals surface area contributed by atoms with E-state index in [1.54, 1.807) is 30.3 Å². The molecule has 110 valence electrons. The van der Waals surface area contributed by atoms with Gasteiger partial charge in [0.25, 0.3) is 5.91 Å². The van der Waals surface area contributed by atoms with E-state index in [-0.39, 0.29) is 5.70 Å². The molecule has 3 rings (SSSR count). The van der Waals surface area contributed by atoms with Crippen LogP contribution in [0.4, 0.5) is 10.5 Å². The number of hydrogen-bond acceptors (Lipinski definition) is 2. The second-order valence-corrected chi connectivity index (χ2v) is 6.01. The minimum atomic E-state index is -0.476. The lowest BCUT2D eigenvalue weighted by molar-refractivity contribution is -0.113. The fourth-order valence-electron chi connectivity index (χ4n) is 2.09. The van der Waals surface area contributed by atoms with Gasteiger partial charge in [0.1, 0.15) is 5.70 Å². The summed E-state index contributed by atoms with van der Waals surface area (Å²) in [6, 6.07) is 13.5. The number of carbonyl (C=O) groups excluding carboxylic acids is 2. The average molecular weight is 378 g/mol. The summed E-state index contributed by atoms with van der Waals surface area (Å²) in [5, 5.41) is 3.13. The molecule has 1 heterocycles. The Morgan fingerprint density at radius 3 is 2.27 bits per heavy atom. The molecule has 0 bridgehead atoms. The van der Waals surface area contributed by atoms with E-state index in [0.29, 0.717) is 10.7 Å². The van der Waals surface area contributed by atoms with Gasteiger partial charge in [-0.1, -0.05) is 39.7 Å². The number of urea groups is 1. The van der Waals surface area contributed by atoms with Crippen LogP contribution in [0.25, 0.3) is 6.08 Å². The van der Waals surface area contributed by atoms with Crippen molar-refractivity contribution in [1.29, 1.82) is 0 Å². The van der Waals surface area contributed by atoms with Crippen LogP contribution in [0.3, 0.4) is 0 Å². The van der Waals surface area contributed by atoms with Gasteiger partial charge in [0, 0.05) is 9.50 Å². The third-order valence-electron chi connectivity index (χ3n) is 3.14. The number of nitrogens with zero attached hydrogens (tertiary/aromatic N) is 1. The molecule has 0 spiro atoms. The van der Waals surface area contributed by atoms with E-state index in [1.807, 2.05) is 24.3 Å². The number of rotatable bonds is 2. The highest BCUT2D eigenvalue weighted by Gasteiger charge is 2.34. The number of carbonyl (C=O) groups is 2. The van der Waals surface area contributed by atoms with E-state index in [4.69, 9.17) is 11.6 Å². The Bertz CT molecular complexity index is 770. The van der Waals surface area contributed by atoms with Gasteiger partial charge in [-0.05, 0) is 48.0 Å². The van der Waals surface area contributed by atoms with Gasteiger partial charge in [0.15, 0.2) is 0 Å². The van der Waals surface area contributed by atoms with Crippen molar-refractivity contribution in [1.82, 2.24) is 5.32 Å². The highest BCUT2D eigenvalue weighted by Crippen LogP contribution is 2.24. The van der Waals surface area contributed by atoms with Crippen LogP contribution < -0.4 is 10.2 Å². The van der Waals surface area contributed by atoms with Gasteiger partial charge in [-0.3, -0.25) is 4.79 Å². The van der Waals surface area contributed by atoms with Crippen molar-refractivity contribution >= 4 is 51.2 Å². The molecule has 6 heteroatoms. The molecule has 1 aliphatic heterocycles. The highest BCUT2D eigenvalue weighted by molar-refractivity contribution is 9.10. The summed E-state index contributed by atoms with van der Waals surface area (Å²) in [4.78, 5) is 25.5. The zero-order valence-corrected chi connectivity index (χ0v) is 13.6. The molecule has 1 aliphatic rings. The van der Waals surface area contributed by atoms with Gasteiger partial charge in [-0.25, -0.2) is 9.69 Å². The third-order valence-corrected chi connectivity index (χ3v) is 3.92. The average Bonchev–Trinajstić information content (AvgIpc) is 2.77. The van der Waals surface area contributed by atoms with E-state index < -0.39 is 11.9 Å². The lowest BCUT2D eigenvalue weighted by Crippen LogP contribution is -2.30. The van der Waals surface area contributed by atoms with Crippen LogP contribution in [-0.4, -0.2) is 11.9 Å². The second kappa shape index (κ2) is 5.94. The molecule has 1 fully saturated rings. The van der Waals surface area contributed by atoms with Crippen molar-refractivity contribution < 1.29 is 9.59 Å². The first kappa shape index (κ1) is 14.8. The fraction of sp³-hybridized carbons (Fsp3) is 0. The molecule has 0 atom stereocenters. The number of benzene rings is 2. The van der Waals surface area contributed by atoms with Crippen LogP contribution in [0.1, 0.15) is 5.56 Å². The van der Waals surface area contributed by atoms with E-state index in [2.05, 4.69) is 21.2 Å². The zero-order chi connectivity index (χ0) is 15.7. The van der Waals surface area contributed by atoms with Crippen molar-refractivity contribution in [3.8, 4) is 0 Å². The SMILES string of the molecule is O=C1N/C(=C\c2ccc(Br)cc2)C(=O)N1c1ccc(Cl)cc1. The van der Waals surface area contributed by atoms with Crippen LogP contribution >= 0.6 is 27.5 Å². The third kappa shape index (κ3) is 2.91. The molecular weight excluding hydrogens is 368 g/mol. The van der Waals surface area contributed by atoms with Gasteiger partial charge in [0.2, 0.25) is 0 Å². The monoisotopic (exact) mass is 376 g/mol. The Kier molecular flexibility index (Phi) is 4.00. The number of amides is 3. The Morgan fingerprint density at radius 1 is 1.00 bits per heavy atom. The van der Waals surface area contributed by atoms with E-state index >= 15 is 0 Å². The smallest absolute Gasteiger partial charge is 0.302 e. The predicted molar refractivity (Wildman–Crippen MR) is 89.6 cm³/mol. The lowest BCUT2D eigenvalue weighted by Gasteiger charge is -2.11. The lowest BCUT2D eigenvalue weighted by atomic mass is 10.2. The van der Waals surface area contributed by atoms with Crippen molar-refractivity contribution in [2.24, 2.45) is 0 Å². The van der Waals surface area contributed by atoms with Gasteiger partial charge in [-0.2, -0.15) is 0 Å². The first-order valence-electron chi connectivity index (χ1n) is 6.43. The minimum Gasteiger partial charge on any atom is -0.302 e. The van der Waals surface area contributed by atoms with E-state index in [9.17, 15) is 9.59 Å². The molecule has 22 heavy (non-hydrogen) atoms. The highest BCUT2D eigenvalue weighted by atomic mass is 79.9. The predicted octanol–water partition coefficient (Wildman–Crippen LogP) is 4.20. The standard InChI is InChI=1S/C16H10BrClN2O2/c17-11-3-1-10(2-4-11)9-14-15(21)20(16(22)19-14)13-7-5-12(18)6-8-13/h1-9H,(H,19,22)/b14-9-. The van der Waals surface area contributed by atoms with E-state index in [0.717, 1.165) is 14.9 Å². The maximum atomic E-state index is 12.4. The molecule has 0 radical (unpaired) electrons. The molecule has 2 aromatic rings. The molecule has 1 saturated heterocycles. The summed E-state index contributed by atoms with van der Waals surface area (Å²) in [6.45, 7) is 0. The van der Waals surface area contributed by atoms with Crippen LogP contribution in [0.2, 0.25) is 5.02 Å². The van der Waals surface area contributed by atoms with Crippen molar-refractivity contribution in [2.75, 3.05) is 4.90 Å². The molecule has 2 aromatic carbocycles. The van der Waals surface area contributed by atoms with Crippen molar-refractivity contribution in [3.05, 3.63) is 69.3 Å². The number of halogens is 2. The van der Waals surface area contributed by atoms with Crippen LogP contribution in [-0.2, 0) is 4.79 Å². The van der Waals surface area contributed by atoms with Gasteiger partial charge in [0.05, 0.1) is 5.69 Å². The van der Waals surface area contributed by atoms with Crippen LogP contribution in [0.15, 0.2) is 58.7 Å². The fourth-order valence-corrected chi connectivity index (χ4v) is 2.48. The number of hydrogen-bond donors (Lipinski definition) is 1. The van der Waals surface area contributed by atoms with Crippen molar-refractivity contribution in [3.63, 3.8) is 0 Å². The molecule has 1 N–H and O–H groups in total. The first-order valence-corrected chi connectivity index (χ1v) is 7.60. The van der Waals surface area contributed by atoms with Gasteiger partial charge in [-0.15, -0.1) is 0 Å². The largest absolute Gasteiger partial charge is 0.333 e. The molecule has 0 aromatic heterocycles. The van der Waals surface area contributed by atoms with Gasteiger partial charge < -0.3 is 5.32 Å². The molecular formula is C16H10BrClN2O2. The quantitative estimate of drug-likeness (QED) is 0.630. The Labute approximate surface area is 140 Å². The van der Waals surface area contributed by atoms with Crippen LogP contribution in [0.5, 0.6) is 0 Å². The zero-order valence-electron chi connectivity index (χ0n) is 11.2. The topological polar surface area (TPSA) is 49.4 Å². The van der Waals surface area contributed by atoms with E-state index in [1.165, 1.54) is 0 Å². The minimum absolute atomic E-state index is 0.238. The molecule has 4 nitrogen and oxygen atoms in total. The summed E-state index contributed by atoms with van der Waals surface area (Å²) in [5.74, 6) is -0.393. The number of imide groups is 1. The van der Waals surface area contributed by atoms with Gasteiger partial charge >= 0.3 is 6.03 Å². The molecule has 0 saturated carbocycles. The summed E-state index contributed by atoms with van der Waals surface area (Å²) >= 11 is 9.17. The second-order valence-electron chi connectivity index (χ2n) is 4.66.